The molecule has 0 radical (unpaired) electrons. The van der Waals surface area contributed by atoms with Crippen LogP contribution in [-0.4, -0.2) is 12.6 Å². The first-order chi connectivity index (χ1) is 6.65. The Kier molecular flexibility index (Phi) is 3.63. The van der Waals surface area contributed by atoms with Gasteiger partial charge in [0.1, 0.15) is 5.75 Å². The summed E-state index contributed by atoms with van der Waals surface area (Å²) in [6.45, 7) is 6.73. The van der Waals surface area contributed by atoms with E-state index in [0.717, 1.165) is 11.4 Å². The van der Waals surface area contributed by atoms with E-state index >= 15 is 0 Å². The molecule has 0 saturated carbocycles. The molecule has 1 aromatic carbocycles. The molecular formula is C11H18N2O. The molecule has 0 aliphatic rings. The first kappa shape index (κ1) is 10.7. The van der Waals surface area contributed by atoms with Gasteiger partial charge in [0.15, 0.2) is 0 Å². The largest absolute Gasteiger partial charge is 0.492 e. The Morgan fingerprint density at radius 1 is 1.43 bits per heavy atom. The second-order valence-electron chi connectivity index (χ2n) is 3.45. The van der Waals surface area contributed by atoms with E-state index in [4.69, 9.17) is 10.5 Å². The van der Waals surface area contributed by atoms with Gasteiger partial charge in [-0.2, -0.15) is 0 Å². The smallest absolute Gasteiger partial charge is 0.144 e. The molecule has 0 spiro atoms. The highest BCUT2D eigenvalue weighted by Gasteiger charge is 2.05. The normalized spacial score (nSPS) is 10.3. The lowest BCUT2D eigenvalue weighted by Gasteiger charge is -2.15. The van der Waals surface area contributed by atoms with Crippen LogP contribution in [0.4, 0.5) is 11.4 Å². The number of hydrogen-bond donors (Lipinski definition) is 2. The predicted molar refractivity (Wildman–Crippen MR) is 60.8 cm³/mol. The van der Waals surface area contributed by atoms with Crippen molar-refractivity contribution >= 4 is 11.4 Å². The van der Waals surface area contributed by atoms with Gasteiger partial charge < -0.3 is 15.8 Å². The van der Waals surface area contributed by atoms with E-state index < -0.39 is 0 Å². The first-order valence-corrected chi connectivity index (χ1v) is 4.93. The average molecular weight is 194 g/mol. The zero-order valence-electron chi connectivity index (χ0n) is 9.00. The maximum absolute atomic E-state index is 5.93. The summed E-state index contributed by atoms with van der Waals surface area (Å²) in [7, 11) is 0. The number of nitrogens with two attached hydrogens (primary N) is 1. The number of rotatable bonds is 4. The minimum Gasteiger partial charge on any atom is -0.492 e. The van der Waals surface area contributed by atoms with Gasteiger partial charge in [-0.15, -0.1) is 0 Å². The molecule has 0 heterocycles. The molecule has 1 aromatic rings. The van der Waals surface area contributed by atoms with Gasteiger partial charge in [0.2, 0.25) is 0 Å². The van der Waals surface area contributed by atoms with Crippen LogP contribution in [0.25, 0.3) is 0 Å². The van der Waals surface area contributed by atoms with E-state index in [-0.39, 0.29) is 0 Å². The number of nitrogen functional groups attached to an aromatic ring is 1. The van der Waals surface area contributed by atoms with Crippen LogP contribution in [0, 0.1) is 0 Å². The molecule has 3 heteroatoms. The molecule has 3 nitrogen and oxygen atoms in total. The highest BCUT2D eigenvalue weighted by molar-refractivity contribution is 5.73. The number of para-hydroxylation sites is 1. The third-order valence-corrected chi connectivity index (χ3v) is 1.81. The second-order valence-corrected chi connectivity index (χ2v) is 3.45. The van der Waals surface area contributed by atoms with Crippen LogP contribution in [0.2, 0.25) is 0 Å². The van der Waals surface area contributed by atoms with Gasteiger partial charge >= 0.3 is 0 Å². The van der Waals surface area contributed by atoms with E-state index in [1.807, 2.05) is 25.1 Å². The van der Waals surface area contributed by atoms with Gasteiger partial charge in [0.25, 0.3) is 0 Å². The van der Waals surface area contributed by atoms with Crippen LogP contribution in [0.15, 0.2) is 18.2 Å². The Morgan fingerprint density at radius 3 is 2.71 bits per heavy atom. The summed E-state index contributed by atoms with van der Waals surface area (Å²) >= 11 is 0. The zero-order chi connectivity index (χ0) is 10.6. The number of nitrogens with one attached hydrogen (secondary N) is 1. The Morgan fingerprint density at radius 2 is 2.14 bits per heavy atom. The third kappa shape index (κ3) is 2.55. The Hall–Kier alpha value is -1.38. The lowest BCUT2D eigenvalue weighted by molar-refractivity contribution is 0.342. The SMILES string of the molecule is CCOc1cccc(NC(C)C)c1N. The lowest BCUT2D eigenvalue weighted by Crippen LogP contribution is -2.11. The van der Waals surface area contributed by atoms with Crippen LogP contribution in [0.5, 0.6) is 5.75 Å². The fourth-order valence-electron chi connectivity index (χ4n) is 1.26. The Labute approximate surface area is 85.3 Å². The monoisotopic (exact) mass is 194 g/mol. The molecule has 0 atom stereocenters. The number of benzene rings is 1. The minimum atomic E-state index is 0.370. The van der Waals surface area contributed by atoms with Gasteiger partial charge in [-0.1, -0.05) is 6.07 Å². The van der Waals surface area contributed by atoms with Gasteiger partial charge in [-0.25, -0.2) is 0 Å². The molecule has 14 heavy (non-hydrogen) atoms. The van der Waals surface area contributed by atoms with Gasteiger partial charge in [-0.05, 0) is 32.9 Å². The summed E-state index contributed by atoms with van der Waals surface area (Å²) in [6.07, 6.45) is 0. The average Bonchev–Trinajstić information content (AvgIpc) is 2.11. The summed E-state index contributed by atoms with van der Waals surface area (Å²) in [4.78, 5) is 0. The van der Waals surface area contributed by atoms with Crippen molar-refractivity contribution in [1.29, 1.82) is 0 Å². The molecule has 0 amide bonds. The summed E-state index contributed by atoms with van der Waals surface area (Å²) in [5.74, 6) is 0.748. The highest BCUT2D eigenvalue weighted by atomic mass is 16.5. The second kappa shape index (κ2) is 4.74. The standard InChI is InChI=1S/C11H18N2O/c1-4-14-10-7-5-6-9(11(10)12)13-8(2)3/h5-8,13H,4,12H2,1-3H3. The molecule has 0 aliphatic heterocycles. The topological polar surface area (TPSA) is 47.3 Å². The van der Waals surface area contributed by atoms with Crippen LogP contribution in [0.3, 0.4) is 0 Å². The van der Waals surface area contributed by atoms with Crippen molar-refractivity contribution in [3.8, 4) is 5.75 Å². The van der Waals surface area contributed by atoms with E-state index in [2.05, 4.69) is 19.2 Å². The number of anilines is 2. The molecular weight excluding hydrogens is 176 g/mol. The molecule has 0 unspecified atom stereocenters. The van der Waals surface area contributed by atoms with Crippen molar-refractivity contribution in [2.45, 2.75) is 26.8 Å². The van der Waals surface area contributed by atoms with Crippen LogP contribution < -0.4 is 15.8 Å². The van der Waals surface area contributed by atoms with Crippen molar-refractivity contribution < 1.29 is 4.74 Å². The Balaban J connectivity index is 2.89. The number of hydrogen-bond acceptors (Lipinski definition) is 3. The molecule has 0 saturated heterocycles. The maximum atomic E-state index is 5.93. The first-order valence-electron chi connectivity index (χ1n) is 4.93. The molecule has 78 valence electrons. The van der Waals surface area contributed by atoms with Crippen LogP contribution >= 0.6 is 0 Å². The van der Waals surface area contributed by atoms with E-state index in [1.165, 1.54) is 0 Å². The van der Waals surface area contributed by atoms with E-state index in [9.17, 15) is 0 Å². The molecule has 0 aliphatic carbocycles. The van der Waals surface area contributed by atoms with Crippen LogP contribution in [0.1, 0.15) is 20.8 Å². The molecule has 0 fully saturated rings. The van der Waals surface area contributed by atoms with Gasteiger partial charge in [0.05, 0.1) is 18.0 Å². The molecule has 1 rings (SSSR count). The van der Waals surface area contributed by atoms with E-state index in [1.54, 1.807) is 0 Å². The molecule has 0 bridgehead atoms. The van der Waals surface area contributed by atoms with Gasteiger partial charge in [-0.3, -0.25) is 0 Å². The third-order valence-electron chi connectivity index (χ3n) is 1.81. The highest BCUT2D eigenvalue weighted by Crippen LogP contribution is 2.29. The molecule has 0 aromatic heterocycles. The fraction of sp³-hybridized carbons (Fsp3) is 0.455. The van der Waals surface area contributed by atoms with Crippen LogP contribution in [-0.2, 0) is 0 Å². The fourth-order valence-corrected chi connectivity index (χ4v) is 1.26. The van der Waals surface area contributed by atoms with Gasteiger partial charge in [0, 0.05) is 6.04 Å². The van der Waals surface area contributed by atoms with Crippen molar-refractivity contribution in [2.24, 2.45) is 0 Å². The van der Waals surface area contributed by atoms with Crippen molar-refractivity contribution in [3.63, 3.8) is 0 Å². The number of ether oxygens (including phenoxy) is 1. The summed E-state index contributed by atoms with van der Waals surface area (Å²) in [5.41, 5.74) is 7.55. The maximum Gasteiger partial charge on any atom is 0.144 e. The predicted octanol–water partition coefficient (Wildman–Crippen LogP) is 2.49. The molecule has 3 N–H and O–H groups in total. The summed E-state index contributed by atoms with van der Waals surface area (Å²) in [6, 6.07) is 6.14. The van der Waals surface area contributed by atoms with Crippen molar-refractivity contribution in [3.05, 3.63) is 18.2 Å². The van der Waals surface area contributed by atoms with Crippen molar-refractivity contribution in [1.82, 2.24) is 0 Å². The minimum absolute atomic E-state index is 0.370. The quantitative estimate of drug-likeness (QED) is 0.724. The summed E-state index contributed by atoms with van der Waals surface area (Å²) < 4.78 is 5.39. The summed E-state index contributed by atoms with van der Waals surface area (Å²) in [5, 5.41) is 3.27. The Bertz CT molecular complexity index is 297. The lowest BCUT2D eigenvalue weighted by atomic mass is 10.2. The zero-order valence-corrected chi connectivity index (χ0v) is 9.00. The van der Waals surface area contributed by atoms with Crippen molar-refractivity contribution in [2.75, 3.05) is 17.7 Å². The van der Waals surface area contributed by atoms with E-state index in [0.29, 0.717) is 18.3 Å².